The standard InChI is InChI=1S/C22H17Cl2N7O/c1-12-4-2-7-15-17(12)22(32)31(19-13(23)5-3-6-14(19)24)16(30-15)8-9-25-20-18-21(27-10-26-18)29-11-28-20/h2-7,10-11H,8-9H2,1H3,(H2,25,26,27,28,29). The van der Waals surface area contributed by atoms with Crippen molar-refractivity contribution >= 4 is 51.1 Å². The Morgan fingerprint density at radius 1 is 1.06 bits per heavy atom. The topological polar surface area (TPSA) is 101 Å². The van der Waals surface area contributed by atoms with E-state index < -0.39 is 0 Å². The van der Waals surface area contributed by atoms with Crippen molar-refractivity contribution in [1.29, 1.82) is 0 Å². The molecule has 0 amide bonds. The highest BCUT2D eigenvalue weighted by Gasteiger charge is 2.18. The van der Waals surface area contributed by atoms with Crippen LogP contribution in [0, 0.1) is 6.92 Å². The van der Waals surface area contributed by atoms with E-state index in [2.05, 4.69) is 25.3 Å². The number of benzene rings is 2. The summed E-state index contributed by atoms with van der Waals surface area (Å²) in [4.78, 5) is 34.0. The molecule has 0 fully saturated rings. The van der Waals surface area contributed by atoms with Gasteiger partial charge in [-0.15, -0.1) is 0 Å². The molecule has 2 N–H and O–H groups in total. The zero-order valence-corrected chi connectivity index (χ0v) is 18.4. The summed E-state index contributed by atoms with van der Waals surface area (Å²) < 4.78 is 1.51. The maximum Gasteiger partial charge on any atom is 0.266 e. The van der Waals surface area contributed by atoms with Crippen LogP contribution in [0.1, 0.15) is 11.4 Å². The quantitative estimate of drug-likeness (QED) is 0.400. The zero-order chi connectivity index (χ0) is 22.2. The number of para-hydroxylation sites is 1. The average molecular weight is 466 g/mol. The molecule has 160 valence electrons. The third-order valence-corrected chi connectivity index (χ3v) is 5.80. The summed E-state index contributed by atoms with van der Waals surface area (Å²) in [5, 5.41) is 4.54. The van der Waals surface area contributed by atoms with Gasteiger partial charge >= 0.3 is 0 Å². The summed E-state index contributed by atoms with van der Waals surface area (Å²) in [5.41, 5.74) is 2.95. The molecule has 32 heavy (non-hydrogen) atoms. The van der Waals surface area contributed by atoms with Crippen molar-refractivity contribution in [1.82, 2.24) is 29.5 Å². The molecule has 0 saturated carbocycles. The van der Waals surface area contributed by atoms with E-state index in [9.17, 15) is 4.79 Å². The molecule has 8 nitrogen and oxygen atoms in total. The van der Waals surface area contributed by atoms with Gasteiger partial charge in [0.25, 0.3) is 5.56 Å². The van der Waals surface area contributed by atoms with Gasteiger partial charge < -0.3 is 10.3 Å². The fourth-order valence-electron chi connectivity index (χ4n) is 3.73. The van der Waals surface area contributed by atoms with Gasteiger partial charge in [-0.1, -0.05) is 41.4 Å². The largest absolute Gasteiger partial charge is 0.368 e. The Labute approximate surface area is 192 Å². The number of aromatic amines is 1. The molecule has 3 heterocycles. The van der Waals surface area contributed by atoms with Crippen LogP contribution in [-0.4, -0.2) is 36.0 Å². The second-order valence-electron chi connectivity index (χ2n) is 7.21. The van der Waals surface area contributed by atoms with Crippen molar-refractivity contribution in [2.75, 3.05) is 11.9 Å². The van der Waals surface area contributed by atoms with Gasteiger partial charge in [-0.05, 0) is 30.7 Å². The Hall–Kier alpha value is -3.49. The number of nitrogens with one attached hydrogen (secondary N) is 2. The maximum absolute atomic E-state index is 13.6. The molecule has 5 rings (SSSR count). The molecule has 2 aromatic carbocycles. The number of aromatic nitrogens is 6. The first-order chi connectivity index (χ1) is 15.5. The third-order valence-electron chi connectivity index (χ3n) is 5.19. The monoisotopic (exact) mass is 465 g/mol. The Balaban J connectivity index is 1.60. The number of imidazole rings is 1. The van der Waals surface area contributed by atoms with Crippen LogP contribution < -0.4 is 10.9 Å². The smallest absolute Gasteiger partial charge is 0.266 e. The summed E-state index contributed by atoms with van der Waals surface area (Å²) in [7, 11) is 0. The van der Waals surface area contributed by atoms with Gasteiger partial charge in [0.15, 0.2) is 11.5 Å². The SMILES string of the molecule is Cc1cccc2nc(CCNc3ncnc4[nH]cnc34)n(-c3c(Cl)cccc3Cl)c(=O)c12. The van der Waals surface area contributed by atoms with Gasteiger partial charge in [0.2, 0.25) is 0 Å². The highest BCUT2D eigenvalue weighted by atomic mass is 35.5. The summed E-state index contributed by atoms with van der Waals surface area (Å²) in [6, 6.07) is 10.7. The number of hydrogen-bond acceptors (Lipinski definition) is 6. The van der Waals surface area contributed by atoms with Crippen LogP contribution in [-0.2, 0) is 6.42 Å². The second-order valence-corrected chi connectivity index (χ2v) is 8.02. The summed E-state index contributed by atoms with van der Waals surface area (Å²) >= 11 is 12.9. The van der Waals surface area contributed by atoms with Crippen molar-refractivity contribution in [2.45, 2.75) is 13.3 Å². The van der Waals surface area contributed by atoms with E-state index in [4.69, 9.17) is 28.2 Å². The first-order valence-corrected chi connectivity index (χ1v) is 10.6. The normalized spacial score (nSPS) is 11.3. The number of nitrogens with zero attached hydrogens (tertiary/aromatic N) is 5. The minimum Gasteiger partial charge on any atom is -0.368 e. The lowest BCUT2D eigenvalue weighted by atomic mass is 10.1. The number of anilines is 1. The van der Waals surface area contributed by atoms with Crippen molar-refractivity contribution < 1.29 is 0 Å². The number of rotatable bonds is 5. The third kappa shape index (κ3) is 3.47. The lowest BCUT2D eigenvalue weighted by molar-refractivity contribution is 0.809. The van der Waals surface area contributed by atoms with E-state index in [1.807, 2.05) is 25.1 Å². The summed E-state index contributed by atoms with van der Waals surface area (Å²) in [5.74, 6) is 1.13. The average Bonchev–Trinajstić information content (AvgIpc) is 3.25. The molecule has 0 saturated heterocycles. The minimum absolute atomic E-state index is 0.213. The fourth-order valence-corrected chi connectivity index (χ4v) is 4.30. The van der Waals surface area contributed by atoms with Crippen molar-refractivity contribution in [3.63, 3.8) is 0 Å². The predicted molar refractivity (Wildman–Crippen MR) is 126 cm³/mol. The highest BCUT2D eigenvalue weighted by molar-refractivity contribution is 6.37. The zero-order valence-electron chi connectivity index (χ0n) is 16.9. The first-order valence-electron chi connectivity index (χ1n) is 9.88. The van der Waals surface area contributed by atoms with Crippen LogP contribution in [0.4, 0.5) is 5.82 Å². The van der Waals surface area contributed by atoms with Crippen LogP contribution in [0.3, 0.4) is 0 Å². The van der Waals surface area contributed by atoms with Crippen LogP contribution >= 0.6 is 23.2 Å². The Bertz CT molecular complexity index is 1510. The van der Waals surface area contributed by atoms with Crippen molar-refractivity contribution in [2.24, 2.45) is 0 Å². The van der Waals surface area contributed by atoms with E-state index >= 15 is 0 Å². The molecule has 5 aromatic rings. The van der Waals surface area contributed by atoms with E-state index in [1.165, 1.54) is 10.9 Å². The lowest BCUT2D eigenvalue weighted by Crippen LogP contribution is -2.26. The molecule has 0 aliphatic carbocycles. The summed E-state index contributed by atoms with van der Waals surface area (Å²) in [6.07, 6.45) is 3.44. The van der Waals surface area contributed by atoms with Crippen LogP contribution in [0.15, 0.2) is 53.8 Å². The highest BCUT2D eigenvalue weighted by Crippen LogP contribution is 2.29. The Morgan fingerprint density at radius 2 is 1.84 bits per heavy atom. The molecule has 0 aliphatic heterocycles. The van der Waals surface area contributed by atoms with Gasteiger partial charge in [-0.25, -0.2) is 19.9 Å². The molecule has 0 spiro atoms. The molecule has 3 aromatic heterocycles. The van der Waals surface area contributed by atoms with Crippen LogP contribution in [0.25, 0.3) is 27.8 Å². The van der Waals surface area contributed by atoms with Crippen LogP contribution in [0.2, 0.25) is 10.0 Å². The second kappa shape index (κ2) is 8.22. The molecular weight excluding hydrogens is 449 g/mol. The van der Waals surface area contributed by atoms with E-state index in [0.717, 1.165) is 5.56 Å². The van der Waals surface area contributed by atoms with E-state index in [-0.39, 0.29) is 5.56 Å². The van der Waals surface area contributed by atoms with Gasteiger partial charge in [0.1, 0.15) is 17.7 Å². The first kappa shape index (κ1) is 20.4. The van der Waals surface area contributed by atoms with Gasteiger partial charge in [0, 0.05) is 13.0 Å². The Morgan fingerprint density at radius 3 is 2.66 bits per heavy atom. The van der Waals surface area contributed by atoms with Gasteiger partial charge in [-0.3, -0.25) is 9.36 Å². The molecular formula is C22H17Cl2N7O. The number of aryl methyl sites for hydroxylation is 1. The lowest BCUT2D eigenvalue weighted by Gasteiger charge is -2.17. The van der Waals surface area contributed by atoms with Crippen molar-refractivity contribution in [3.8, 4) is 5.69 Å². The molecule has 0 radical (unpaired) electrons. The van der Waals surface area contributed by atoms with E-state index in [1.54, 1.807) is 24.5 Å². The summed E-state index contributed by atoms with van der Waals surface area (Å²) in [6.45, 7) is 2.33. The fraction of sp³-hybridized carbons (Fsp3) is 0.136. The minimum atomic E-state index is -0.213. The number of H-pyrrole nitrogens is 1. The van der Waals surface area contributed by atoms with E-state index in [0.29, 0.717) is 62.4 Å². The molecule has 0 aliphatic rings. The van der Waals surface area contributed by atoms with Crippen molar-refractivity contribution in [3.05, 3.63) is 80.8 Å². The predicted octanol–water partition coefficient (Wildman–Crippen LogP) is 4.32. The van der Waals surface area contributed by atoms with Gasteiger partial charge in [0.05, 0.1) is 33.0 Å². The number of hydrogen-bond donors (Lipinski definition) is 2. The molecule has 10 heteroatoms. The maximum atomic E-state index is 13.6. The Kier molecular flexibility index (Phi) is 5.24. The van der Waals surface area contributed by atoms with Gasteiger partial charge in [-0.2, -0.15) is 0 Å². The molecule has 0 atom stereocenters. The number of halogens is 2. The van der Waals surface area contributed by atoms with Crippen LogP contribution in [0.5, 0.6) is 0 Å². The number of fused-ring (bicyclic) bond motifs is 2. The molecule has 0 bridgehead atoms. The molecule has 0 unspecified atom stereocenters.